The van der Waals surface area contributed by atoms with E-state index in [2.05, 4.69) is 0 Å². The molecule has 0 aromatic rings. The van der Waals surface area contributed by atoms with Crippen molar-refractivity contribution in [3.63, 3.8) is 0 Å². The summed E-state index contributed by atoms with van der Waals surface area (Å²) in [6.45, 7) is 1.63. The molecule has 2 N–H and O–H groups in total. The Morgan fingerprint density at radius 2 is 2.08 bits per heavy atom. The van der Waals surface area contributed by atoms with Gasteiger partial charge in [0.15, 0.2) is 0 Å². The highest BCUT2D eigenvalue weighted by atomic mass is 19.4. The average molecular weight is 196 g/mol. The fourth-order valence-electron chi connectivity index (χ4n) is 1.41. The van der Waals surface area contributed by atoms with Gasteiger partial charge >= 0.3 is 12.1 Å². The Labute approximate surface area is 73.7 Å². The third-order valence-electron chi connectivity index (χ3n) is 2.32. The zero-order valence-electron chi connectivity index (χ0n) is 7.14. The van der Waals surface area contributed by atoms with E-state index in [9.17, 15) is 18.0 Å². The van der Waals surface area contributed by atoms with Crippen molar-refractivity contribution in [2.24, 2.45) is 5.73 Å². The van der Waals surface area contributed by atoms with Crippen molar-refractivity contribution in [3.05, 3.63) is 0 Å². The van der Waals surface area contributed by atoms with Crippen LogP contribution >= 0.6 is 0 Å². The molecule has 0 radical (unpaired) electrons. The molecule has 13 heavy (non-hydrogen) atoms. The molecule has 1 unspecified atom stereocenters. The standard InChI is InChI=1S/C7H11F3N2O/c1-4-5(11)2-3-12(4)6(13)7(8,9)10/h4-5H,2-3,11H2,1H3/t4-,5?/m1/s1. The minimum absolute atomic E-state index is 0.0979. The number of likely N-dealkylation sites (tertiary alicyclic amines) is 1. The Morgan fingerprint density at radius 3 is 2.38 bits per heavy atom. The number of nitrogens with zero attached hydrogens (tertiary/aromatic N) is 1. The van der Waals surface area contributed by atoms with Crippen molar-refractivity contribution >= 4 is 5.91 Å². The first kappa shape index (κ1) is 10.3. The minimum Gasteiger partial charge on any atom is -0.331 e. The lowest BCUT2D eigenvalue weighted by atomic mass is 10.2. The maximum atomic E-state index is 12.0. The second kappa shape index (κ2) is 3.17. The van der Waals surface area contributed by atoms with Crippen molar-refractivity contribution in [2.45, 2.75) is 31.6 Å². The first-order valence-corrected chi connectivity index (χ1v) is 3.97. The van der Waals surface area contributed by atoms with Gasteiger partial charge in [-0.05, 0) is 13.3 Å². The van der Waals surface area contributed by atoms with Gasteiger partial charge in [-0.3, -0.25) is 4.79 Å². The van der Waals surface area contributed by atoms with Crippen LogP contribution in [-0.2, 0) is 4.79 Å². The first-order chi connectivity index (χ1) is 5.84. The van der Waals surface area contributed by atoms with E-state index in [1.54, 1.807) is 0 Å². The Balaban J connectivity index is 2.69. The molecule has 0 spiro atoms. The minimum atomic E-state index is -4.78. The van der Waals surface area contributed by atoms with E-state index < -0.39 is 18.1 Å². The second-order valence-corrected chi connectivity index (χ2v) is 3.19. The van der Waals surface area contributed by atoms with Crippen LogP contribution in [-0.4, -0.2) is 35.6 Å². The molecule has 1 rings (SSSR count). The smallest absolute Gasteiger partial charge is 0.331 e. The van der Waals surface area contributed by atoms with Crippen molar-refractivity contribution in [2.75, 3.05) is 6.54 Å². The molecular weight excluding hydrogens is 185 g/mol. The molecule has 76 valence electrons. The van der Waals surface area contributed by atoms with Crippen molar-refractivity contribution in [1.82, 2.24) is 4.90 Å². The molecule has 1 aliphatic heterocycles. The van der Waals surface area contributed by atoms with Gasteiger partial charge in [0, 0.05) is 18.6 Å². The Bertz CT molecular complexity index is 216. The van der Waals surface area contributed by atoms with Crippen molar-refractivity contribution in [3.8, 4) is 0 Å². The van der Waals surface area contributed by atoms with Crippen LogP contribution in [0.5, 0.6) is 0 Å². The monoisotopic (exact) mass is 196 g/mol. The van der Waals surface area contributed by atoms with Gasteiger partial charge in [-0.15, -0.1) is 0 Å². The van der Waals surface area contributed by atoms with Gasteiger partial charge < -0.3 is 10.6 Å². The molecule has 2 atom stereocenters. The van der Waals surface area contributed by atoms with E-state index in [0.29, 0.717) is 6.42 Å². The number of alkyl halides is 3. The fraction of sp³-hybridized carbons (Fsp3) is 0.857. The summed E-state index contributed by atoms with van der Waals surface area (Å²) in [6.07, 6.45) is -4.35. The van der Waals surface area contributed by atoms with Crippen molar-refractivity contribution in [1.29, 1.82) is 0 Å². The Morgan fingerprint density at radius 1 is 1.54 bits per heavy atom. The Hall–Kier alpha value is -0.780. The predicted octanol–water partition coefficient (Wildman–Crippen LogP) is 0.497. The van der Waals surface area contributed by atoms with Crippen LogP contribution in [0, 0.1) is 0 Å². The molecule has 1 aliphatic rings. The number of halogens is 3. The summed E-state index contributed by atoms with van der Waals surface area (Å²) in [5.41, 5.74) is 5.49. The third-order valence-corrected chi connectivity index (χ3v) is 2.32. The van der Waals surface area contributed by atoms with Gasteiger partial charge in [-0.25, -0.2) is 0 Å². The second-order valence-electron chi connectivity index (χ2n) is 3.19. The number of hydrogen-bond donors (Lipinski definition) is 1. The molecule has 6 heteroatoms. The van der Waals surface area contributed by atoms with Crippen LogP contribution in [0.1, 0.15) is 13.3 Å². The lowest BCUT2D eigenvalue weighted by Crippen LogP contribution is -2.46. The van der Waals surface area contributed by atoms with E-state index in [1.807, 2.05) is 0 Å². The van der Waals surface area contributed by atoms with Gasteiger partial charge in [0.2, 0.25) is 0 Å². The van der Waals surface area contributed by atoms with E-state index in [1.165, 1.54) is 6.92 Å². The number of nitrogens with two attached hydrogens (primary N) is 1. The van der Waals surface area contributed by atoms with Gasteiger partial charge in [0.1, 0.15) is 0 Å². The summed E-state index contributed by atoms with van der Waals surface area (Å²) in [5.74, 6) is -1.78. The first-order valence-electron chi connectivity index (χ1n) is 3.97. The average Bonchev–Trinajstić information content (AvgIpc) is 2.30. The van der Waals surface area contributed by atoms with E-state index in [-0.39, 0.29) is 12.6 Å². The number of hydrogen-bond acceptors (Lipinski definition) is 2. The zero-order valence-corrected chi connectivity index (χ0v) is 7.14. The maximum absolute atomic E-state index is 12.0. The maximum Gasteiger partial charge on any atom is 0.471 e. The van der Waals surface area contributed by atoms with Gasteiger partial charge in [0.25, 0.3) is 0 Å². The summed E-state index contributed by atoms with van der Waals surface area (Å²) >= 11 is 0. The molecular formula is C7H11F3N2O. The lowest BCUT2D eigenvalue weighted by molar-refractivity contribution is -0.186. The predicted molar refractivity (Wildman–Crippen MR) is 39.8 cm³/mol. The fourth-order valence-corrected chi connectivity index (χ4v) is 1.41. The van der Waals surface area contributed by atoms with E-state index >= 15 is 0 Å². The summed E-state index contributed by atoms with van der Waals surface area (Å²) in [5, 5.41) is 0. The third kappa shape index (κ3) is 1.93. The summed E-state index contributed by atoms with van der Waals surface area (Å²) in [7, 11) is 0. The van der Waals surface area contributed by atoms with Crippen LogP contribution in [0.2, 0.25) is 0 Å². The summed E-state index contributed by atoms with van der Waals surface area (Å²) < 4.78 is 35.9. The van der Waals surface area contributed by atoms with Gasteiger partial charge in [0.05, 0.1) is 0 Å². The number of rotatable bonds is 0. The van der Waals surface area contributed by atoms with Crippen LogP contribution in [0.3, 0.4) is 0 Å². The van der Waals surface area contributed by atoms with Crippen LogP contribution < -0.4 is 5.73 Å². The highest BCUT2D eigenvalue weighted by Crippen LogP contribution is 2.24. The number of carbonyl (C=O) groups is 1. The molecule has 0 saturated carbocycles. The summed E-state index contributed by atoms with van der Waals surface area (Å²) in [4.78, 5) is 11.6. The molecule has 1 amide bonds. The molecule has 1 heterocycles. The van der Waals surface area contributed by atoms with Crippen LogP contribution in [0.25, 0.3) is 0 Å². The molecule has 3 nitrogen and oxygen atoms in total. The highest BCUT2D eigenvalue weighted by molar-refractivity contribution is 5.82. The van der Waals surface area contributed by atoms with Gasteiger partial charge in [-0.2, -0.15) is 13.2 Å². The number of amides is 1. The zero-order chi connectivity index (χ0) is 10.2. The van der Waals surface area contributed by atoms with Crippen molar-refractivity contribution < 1.29 is 18.0 Å². The largest absolute Gasteiger partial charge is 0.471 e. The molecule has 0 aromatic heterocycles. The van der Waals surface area contributed by atoms with E-state index in [4.69, 9.17) is 5.73 Å². The molecule has 0 aromatic carbocycles. The van der Waals surface area contributed by atoms with Gasteiger partial charge in [-0.1, -0.05) is 0 Å². The lowest BCUT2D eigenvalue weighted by Gasteiger charge is -2.23. The number of carbonyl (C=O) groups excluding carboxylic acids is 1. The molecule has 1 fully saturated rings. The van der Waals surface area contributed by atoms with Crippen LogP contribution in [0.4, 0.5) is 13.2 Å². The topological polar surface area (TPSA) is 46.3 Å². The highest BCUT2D eigenvalue weighted by Gasteiger charge is 2.46. The van der Waals surface area contributed by atoms with E-state index in [0.717, 1.165) is 4.90 Å². The Kier molecular flexibility index (Phi) is 2.51. The van der Waals surface area contributed by atoms with Crippen LogP contribution in [0.15, 0.2) is 0 Å². The summed E-state index contributed by atoms with van der Waals surface area (Å²) in [6, 6.07) is -0.861. The molecule has 0 aliphatic carbocycles. The normalized spacial score (nSPS) is 29.5. The molecule has 0 bridgehead atoms. The molecule has 1 saturated heterocycles. The quantitative estimate of drug-likeness (QED) is 0.613. The SMILES string of the molecule is C[C@@H]1C(N)CCN1C(=O)C(F)(F)F.